The number of rotatable bonds is 7. The van der Waals surface area contributed by atoms with Crippen molar-refractivity contribution in [3.05, 3.63) is 74.6 Å². The molecule has 0 bridgehead atoms. The minimum Gasteiger partial charge on any atom is -0.508 e. The number of hydrogen-bond acceptors (Lipinski definition) is 5. The van der Waals surface area contributed by atoms with E-state index in [2.05, 4.69) is 18.7 Å². The summed E-state index contributed by atoms with van der Waals surface area (Å²) in [5, 5.41) is 10.5. The van der Waals surface area contributed by atoms with Gasteiger partial charge in [0.15, 0.2) is 5.43 Å². The molecule has 2 aromatic carbocycles. The Labute approximate surface area is 185 Å². The van der Waals surface area contributed by atoms with Gasteiger partial charge in [0.05, 0.1) is 17.0 Å². The number of amides is 1. The maximum atomic E-state index is 13.4. The molecule has 0 spiro atoms. The van der Waals surface area contributed by atoms with Crippen LogP contribution in [-0.2, 0) is 0 Å². The SMILES string of the molecule is CCN(CC)CCCN1C(=O)c2oc3ccc(Cl)cc3c(=O)c2[C@@H]1c1ccc(O)cc1. The summed E-state index contributed by atoms with van der Waals surface area (Å²) in [7, 11) is 0. The Bertz CT molecular complexity index is 1170. The molecular formula is C24H25ClN2O4. The van der Waals surface area contributed by atoms with Gasteiger partial charge in [0.1, 0.15) is 11.3 Å². The maximum absolute atomic E-state index is 13.4. The normalized spacial score (nSPS) is 15.8. The van der Waals surface area contributed by atoms with E-state index in [0.717, 1.165) is 31.6 Å². The lowest BCUT2D eigenvalue weighted by molar-refractivity contribution is 0.0720. The topological polar surface area (TPSA) is 74.0 Å². The van der Waals surface area contributed by atoms with E-state index >= 15 is 0 Å². The molecule has 1 aliphatic rings. The molecule has 0 saturated heterocycles. The Morgan fingerprint density at radius 2 is 1.81 bits per heavy atom. The van der Waals surface area contributed by atoms with Gasteiger partial charge >= 0.3 is 0 Å². The molecule has 31 heavy (non-hydrogen) atoms. The zero-order valence-electron chi connectivity index (χ0n) is 17.6. The Kier molecular flexibility index (Phi) is 6.03. The second-order valence-electron chi connectivity index (χ2n) is 7.69. The smallest absolute Gasteiger partial charge is 0.290 e. The van der Waals surface area contributed by atoms with Crippen LogP contribution < -0.4 is 5.43 Å². The molecule has 1 amide bonds. The molecule has 0 fully saturated rings. The van der Waals surface area contributed by atoms with Crippen LogP contribution in [0.1, 0.15) is 48.0 Å². The van der Waals surface area contributed by atoms with Gasteiger partial charge in [0.2, 0.25) is 5.76 Å². The molecule has 1 aliphatic heterocycles. The van der Waals surface area contributed by atoms with Gasteiger partial charge in [-0.1, -0.05) is 37.6 Å². The number of nitrogens with zero attached hydrogens (tertiary/aromatic N) is 2. The fourth-order valence-corrected chi connectivity index (χ4v) is 4.40. The summed E-state index contributed by atoms with van der Waals surface area (Å²) in [6.45, 7) is 7.45. The molecule has 1 N–H and O–H groups in total. The van der Waals surface area contributed by atoms with Gasteiger partial charge in [0.25, 0.3) is 5.91 Å². The summed E-state index contributed by atoms with van der Waals surface area (Å²) in [5.41, 5.74) is 1.17. The van der Waals surface area contributed by atoms with Crippen LogP contribution in [0.4, 0.5) is 0 Å². The summed E-state index contributed by atoms with van der Waals surface area (Å²) in [5.74, 6) is -0.0824. The van der Waals surface area contributed by atoms with Crippen molar-refractivity contribution in [2.24, 2.45) is 0 Å². The third-order valence-electron chi connectivity index (χ3n) is 5.90. The predicted molar refractivity (Wildman–Crippen MR) is 121 cm³/mol. The van der Waals surface area contributed by atoms with Crippen LogP contribution in [-0.4, -0.2) is 47.0 Å². The van der Waals surface area contributed by atoms with Gasteiger partial charge < -0.3 is 19.3 Å². The number of benzene rings is 2. The van der Waals surface area contributed by atoms with Crippen LogP contribution in [0.15, 0.2) is 51.7 Å². The predicted octanol–water partition coefficient (Wildman–Crippen LogP) is 4.43. The first-order chi connectivity index (χ1) is 14.9. The minimum atomic E-state index is -0.570. The van der Waals surface area contributed by atoms with Crippen molar-refractivity contribution in [3.63, 3.8) is 0 Å². The van der Waals surface area contributed by atoms with Crippen LogP contribution in [0.5, 0.6) is 5.75 Å². The first-order valence-electron chi connectivity index (χ1n) is 10.5. The molecule has 6 nitrogen and oxygen atoms in total. The highest BCUT2D eigenvalue weighted by Gasteiger charge is 2.42. The van der Waals surface area contributed by atoms with Gasteiger partial charge in [-0.25, -0.2) is 0 Å². The molecule has 7 heteroatoms. The van der Waals surface area contributed by atoms with Gasteiger partial charge in [0, 0.05) is 11.6 Å². The highest BCUT2D eigenvalue weighted by molar-refractivity contribution is 6.31. The third kappa shape index (κ3) is 3.93. The largest absolute Gasteiger partial charge is 0.508 e. The second kappa shape index (κ2) is 8.73. The Balaban J connectivity index is 1.80. The summed E-state index contributed by atoms with van der Waals surface area (Å²) in [4.78, 5) is 30.8. The Morgan fingerprint density at radius 1 is 1.10 bits per heavy atom. The Morgan fingerprint density at radius 3 is 2.48 bits per heavy atom. The number of aromatic hydroxyl groups is 1. The molecule has 3 aromatic rings. The maximum Gasteiger partial charge on any atom is 0.290 e. The van der Waals surface area contributed by atoms with Crippen molar-refractivity contribution < 1.29 is 14.3 Å². The van der Waals surface area contributed by atoms with Crippen LogP contribution in [0, 0.1) is 0 Å². The van der Waals surface area contributed by atoms with Crippen molar-refractivity contribution in [1.82, 2.24) is 9.80 Å². The molecule has 2 heterocycles. The average Bonchev–Trinajstić information content (AvgIpc) is 3.04. The highest BCUT2D eigenvalue weighted by atomic mass is 35.5. The number of fused-ring (bicyclic) bond motifs is 2. The van der Waals surface area contributed by atoms with Gasteiger partial charge in [-0.05, 0) is 62.0 Å². The van der Waals surface area contributed by atoms with Gasteiger partial charge in [-0.3, -0.25) is 9.59 Å². The van der Waals surface area contributed by atoms with E-state index in [1.54, 1.807) is 47.4 Å². The summed E-state index contributed by atoms with van der Waals surface area (Å²) in [6, 6.07) is 10.9. The van der Waals surface area contributed by atoms with Crippen LogP contribution in [0.2, 0.25) is 5.02 Å². The van der Waals surface area contributed by atoms with E-state index in [-0.39, 0.29) is 22.8 Å². The van der Waals surface area contributed by atoms with E-state index in [4.69, 9.17) is 16.0 Å². The van der Waals surface area contributed by atoms with Crippen molar-refractivity contribution in [2.45, 2.75) is 26.3 Å². The van der Waals surface area contributed by atoms with E-state index in [0.29, 0.717) is 28.1 Å². The molecule has 0 saturated carbocycles. The molecule has 0 aliphatic carbocycles. The number of phenols is 1. The quantitative estimate of drug-likeness (QED) is 0.588. The van der Waals surface area contributed by atoms with E-state index in [1.165, 1.54) is 0 Å². The van der Waals surface area contributed by atoms with Crippen LogP contribution in [0.3, 0.4) is 0 Å². The van der Waals surface area contributed by atoms with E-state index in [9.17, 15) is 14.7 Å². The van der Waals surface area contributed by atoms with E-state index in [1.807, 2.05) is 0 Å². The zero-order chi connectivity index (χ0) is 22.1. The van der Waals surface area contributed by atoms with Crippen molar-refractivity contribution >= 4 is 28.5 Å². The lowest BCUT2D eigenvalue weighted by Crippen LogP contribution is -2.33. The molecule has 162 valence electrons. The molecule has 1 aromatic heterocycles. The second-order valence-corrected chi connectivity index (χ2v) is 8.12. The average molecular weight is 441 g/mol. The number of phenolic OH excluding ortho intramolecular Hbond substituents is 1. The van der Waals surface area contributed by atoms with Gasteiger partial charge in [-0.15, -0.1) is 0 Å². The zero-order valence-corrected chi connectivity index (χ0v) is 18.4. The standard InChI is InChI=1S/C24H25ClN2O4/c1-3-26(4-2)12-5-13-27-21(15-6-9-17(28)10-7-15)20-22(29)18-14-16(25)8-11-19(18)31-23(20)24(27)30/h6-11,14,21,28H,3-5,12-13H2,1-2H3/t21-/m0/s1. The molecular weight excluding hydrogens is 416 g/mol. The molecule has 0 radical (unpaired) electrons. The number of halogens is 1. The van der Waals surface area contributed by atoms with Crippen molar-refractivity contribution in [2.75, 3.05) is 26.2 Å². The fraction of sp³-hybridized carbons (Fsp3) is 0.333. The lowest BCUT2D eigenvalue weighted by Gasteiger charge is -2.26. The monoisotopic (exact) mass is 440 g/mol. The first-order valence-corrected chi connectivity index (χ1v) is 10.9. The molecule has 1 atom stereocenters. The summed E-state index contributed by atoms with van der Waals surface area (Å²) in [6.07, 6.45) is 0.773. The van der Waals surface area contributed by atoms with Gasteiger partial charge in [-0.2, -0.15) is 0 Å². The highest BCUT2D eigenvalue weighted by Crippen LogP contribution is 2.38. The number of hydrogen-bond donors (Lipinski definition) is 1. The molecule has 0 unspecified atom stereocenters. The molecule has 4 rings (SSSR count). The number of carbonyl (C=O) groups is 1. The number of carbonyl (C=O) groups excluding carboxylic acids is 1. The fourth-order valence-electron chi connectivity index (χ4n) is 4.23. The first kappa shape index (κ1) is 21.4. The van der Waals surface area contributed by atoms with E-state index < -0.39 is 6.04 Å². The third-order valence-corrected chi connectivity index (χ3v) is 6.14. The van der Waals surface area contributed by atoms with Crippen molar-refractivity contribution in [1.29, 1.82) is 0 Å². The lowest BCUT2D eigenvalue weighted by atomic mass is 9.98. The van der Waals surface area contributed by atoms with Crippen LogP contribution >= 0.6 is 11.6 Å². The summed E-state index contributed by atoms with van der Waals surface area (Å²) < 4.78 is 5.92. The minimum absolute atomic E-state index is 0.0840. The Hall–Kier alpha value is -2.83. The van der Waals surface area contributed by atoms with Crippen molar-refractivity contribution in [3.8, 4) is 5.75 Å². The summed E-state index contributed by atoms with van der Waals surface area (Å²) >= 11 is 6.11. The van der Waals surface area contributed by atoms with Crippen LogP contribution in [0.25, 0.3) is 11.0 Å².